The van der Waals surface area contributed by atoms with Crippen molar-refractivity contribution in [3.05, 3.63) is 71.8 Å². The number of nitrogens with zero attached hydrogens (tertiary/aromatic N) is 1. The monoisotopic (exact) mass is 410 g/mol. The van der Waals surface area contributed by atoms with Crippen LogP contribution >= 0.6 is 0 Å². The van der Waals surface area contributed by atoms with E-state index in [9.17, 15) is 14.4 Å². The zero-order valence-corrected chi connectivity index (χ0v) is 17.1. The number of hydrogen-bond donors (Lipinski definition) is 1. The maximum Gasteiger partial charge on any atom is 0.328 e. The van der Waals surface area contributed by atoms with Crippen LogP contribution in [0.25, 0.3) is 0 Å². The summed E-state index contributed by atoms with van der Waals surface area (Å²) in [5.41, 5.74) is 1.90. The predicted octanol–water partition coefficient (Wildman–Crippen LogP) is 1.36. The number of carbonyl (C=O) groups is 3. The first kappa shape index (κ1) is 21.5. The lowest BCUT2D eigenvalue weighted by Gasteiger charge is -2.19. The van der Waals surface area contributed by atoms with Crippen LogP contribution in [0.15, 0.2) is 60.7 Å². The molecule has 0 aromatic heterocycles. The molecule has 0 radical (unpaired) electrons. The van der Waals surface area contributed by atoms with E-state index >= 15 is 0 Å². The molecule has 4 atom stereocenters. The van der Waals surface area contributed by atoms with E-state index < -0.39 is 24.1 Å². The smallest absolute Gasteiger partial charge is 0.328 e. The highest BCUT2D eigenvalue weighted by Gasteiger charge is 2.48. The molecule has 7 nitrogen and oxygen atoms in total. The Kier molecular flexibility index (Phi) is 7.19. The molecule has 1 N–H and O–H groups in total. The molecule has 1 fully saturated rings. The molecular formula is C23H26N2O5. The molecule has 1 heterocycles. The highest BCUT2D eigenvalue weighted by atomic mass is 16.5. The molecule has 4 unspecified atom stereocenters. The Labute approximate surface area is 176 Å². The molecule has 0 spiro atoms. The Morgan fingerprint density at radius 1 is 0.900 bits per heavy atom. The van der Waals surface area contributed by atoms with Gasteiger partial charge in [-0.15, -0.1) is 0 Å². The van der Waals surface area contributed by atoms with Gasteiger partial charge in [-0.3, -0.25) is 14.5 Å². The van der Waals surface area contributed by atoms with Gasteiger partial charge in [-0.05, 0) is 17.5 Å². The molecule has 0 aliphatic carbocycles. The number of carbonyl (C=O) groups excluding carboxylic acids is 3. The molecule has 1 saturated heterocycles. The van der Waals surface area contributed by atoms with Crippen LogP contribution in [0.1, 0.15) is 11.1 Å². The van der Waals surface area contributed by atoms with Gasteiger partial charge < -0.3 is 14.8 Å². The fourth-order valence-corrected chi connectivity index (χ4v) is 3.49. The van der Waals surface area contributed by atoms with Gasteiger partial charge in [-0.25, -0.2) is 4.79 Å². The number of hydrogen-bond acceptors (Lipinski definition) is 6. The molecule has 0 saturated carbocycles. The fourth-order valence-electron chi connectivity index (χ4n) is 3.49. The number of methoxy groups -OCH3 is 2. The molecule has 2 aromatic rings. The van der Waals surface area contributed by atoms with Gasteiger partial charge in [0.1, 0.15) is 18.1 Å². The van der Waals surface area contributed by atoms with Gasteiger partial charge >= 0.3 is 11.9 Å². The molecule has 1 amide bonds. The second-order valence-electron chi connectivity index (χ2n) is 7.22. The van der Waals surface area contributed by atoms with Crippen molar-refractivity contribution in [2.75, 3.05) is 20.8 Å². The Balaban J connectivity index is 1.65. The topological polar surface area (TPSA) is 84.7 Å². The normalized spacial score (nSPS) is 19.3. The largest absolute Gasteiger partial charge is 0.468 e. The minimum absolute atomic E-state index is 0.303. The van der Waals surface area contributed by atoms with Gasteiger partial charge in [0.15, 0.2) is 0 Å². The molecule has 0 bridgehead atoms. The van der Waals surface area contributed by atoms with Crippen molar-refractivity contribution >= 4 is 17.8 Å². The van der Waals surface area contributed by atoms with Gasteiger partial charge in [-0.1, -0.05) is 60.7 Å². The molecule has 1 aliphatic heterocycles. The van der Waals surface area contributed by atoms with Crippen LogP contribution in [0, 0.1) is 0 Å². The third-order valence-electron chi connectivity index (χ3n) is 5.18. The number of nitrogens with one attached hydrogen (secondary N) is 1. The van der Waals surface area contributed by atoms with Crippen LogP contribution in [0.4, 0.5) is 0 Å². The molecule has 7 heteroatoms. The minimum Gasteiger partial charge on any atom is -0.468 e. The van der Waals surface area contributed by atoms with E-state index in [-0.39, 0.29) is 11.9 Å². The summed E-state index contributed by atoms with van der Waals surface area (Å²) in [6.07, 6.45) is 0.776. The molecule has 158 valence electrons. The van der Waals surface area contributed by atoms with E-state index in [4.69, 9.17) is 9.47 Å². The lowest BCUT2D eigenvalue weighted by molar-refractivity contribution is -0.146. The van der Waals surface area contributed by atoms with E-state index in [0.717, 1.165) is 11.1 Å². The maximum absolute atomic E-state index is 12.8. The number of rotatable bonds is 9. The Morgan fingerprint density at radius 3 is 1.97 bits per heavy atom. The van der Waals surface area contributed by atoms with Crippen molar-refractivity contribution in [2.24, 2.45) is 0 Å². The van der Waals surface area contributed by atoms with Crippen LogP contribution < -0.4 is 5.32 Å². The first-order valence-corrected chi connectivity index (χ1v) is 9.83. The van der Waals surface area contributed by atoms with Crippen LogP contribution in [0.5, 0.6) is 0 Å². The zero-order valence-electron chi connectivity index (χ0n) is 17.1. The van der Waals surface area contributed by atoms with E-state index in [1.165, 1.54) is 14.2 Å². The first-order valence-electron chi connectivity index (χ1n) is 9.83. The van der Waals surface area contributed by atoms with Gasteiger partial charge in [0.05, 0.1) is 14.2 Å². The molecule has 3 rings (SSSR count). The minimum atomic E-state index is -0.793. The van der Waals surface area contributed by atoms with E-state index in [1.54, 1.807) is 4.90 Å². The number of amides is 1. The summed E-state index contributed by atoms with van der Waals surface area (Å²) in [4.78, 5) is 39.1. The average molecular weight is 410 g/mol. The van der Waals surface area contributed by atoms with Gasteiger partial charge in [-0.2, -0.15) is 0 Å². The summed E-state index contributed by atoms with van der Waals surface area (Å²) in [5.74, 6) is -1.19. The molecule has 30 heavy (non-hydrogen) atoms. The quantitative estimate of drug-likeness (QED) is 0.496. The summed E-state index contributed by atoms with van der Waals surface area (Å²) in [7, 11) is 2.63. The van der Waals surface area contributed by atoms with Gasteiger partial charge in [0.25, 0.3) is 0 Å². The lowest BCUT2D eigenvalue weighted by Crippen LogP contribution is -2.46. The van der Waals surface area contributed by atoms with Crippen LogP contribution in [0.2, 0.25) is 0 Å². The summed E-state index contributed by atoms with van der Waals surface area (Å²) >= 11 is 0. The van der Waals surface area contributed by atoms with Crippen molar-refractivity contribution < 1.29 is 23.9 Å². The summed E-state index contributed by atoms with van der Waals surface area (Å²) in [6.45, 7) is 0.428. The highest BCUT2D eigenvalue weighted by Crippen LogP contribution is 2.25. The number of ether oxygens (including phenoxy) is 2. The number of benzene rings is 2. The van der Waals surface area contributed by atoms with Gasteiger partial charge in [0.2, 0.25) is 5.91 Å². The third-order valence-corrected chi connectivity index (χ3v) is 5.18. The Morgan fingerprint density at radius 2 is 1.43 bits per heavy atom. The maximum atomic E-state index is 12.8. The van der Waals surface area contributed by atoms with E-state index in [0.29, 0.717) is 19.4 Å². The highest BCUT2D eigenvalue weighted by molar-refractivity contribution is 5.90. The third kappa shape index (κ3) is 5.45. The van der Waals surface area contributed by atoms with Crippen molar-refractivity contribution in [2.45, 2.75) is 31.0 Å². The number of esters is 2. The Hall–Kier alpha value is -3.19. The van der Waals surface area contributed by atoms with Crippen molar-refractivity contribution in [1.29, 1.82) is 0 Å². The zero-order chi connectivity index (χ0) is 21.5. The standard InChI is InChI=1S/C23H26N2O5/c1-29-22(27)18(13-16-9-5-3-6-10-16)24-21(26)20-15-25(20)19(23(28)30-2)14-17-11-7-4-8-12-17/h3-12,18-20H,13-15H2,1-2H3,(H,24,26). The average Bonchev–Trinajstić information content (AvgIpc) is 3.58. The summed E-state index contributed by atoms with van der Waals surface area (Å²) < 4.78 is 9.80. The van der Waals surface area contributed by atoms with Crippen LogP contribution in [0.3, 0.4) is 0 Å². The predicted molar refractivity (Wildman–Crippen MR) is 111 cm³/mol. The summed E-state index contributed by atoms with van der Waals surface area (Å²) in [5, 5.41) is 2.78. The van der Waals surface area contributed by atoms with E-state index in [1.807, 2.05) is 60.7 Å². The van der Waals surface area contributed by atoms with Crippen LogP contribution in [-0.2, 0) is 36.7 Å². The fraction of sp³-hybridized carbons (Fsp3) is 0.348. The van der Waals surface area contributed by atoms with Gasteiger partial charge in [0, 0.05) is 13.0 Å². The van der Waals surface area contributed by atoms with Crippen molar-refractivity contribution in [3.8, 4) is 0 Å². The molecular weight excluding hydrogens is 384 g/mol. The summed E-state index contributed by atoms with van der Waals surface area (Å²) in [6, 6.07) is 17.2. The first-order chi connectivity index (χ1) is 14.5. The SMILES string of the molecule is COC(=O)C(Cc1ccccc1)NC(=O)C1CN1C(Cc1ccccc1)C(=O)OC. The van der Waals surface area contributed by atoms with Crippen molar-refractivity contribution in [3.63, 3.8) is 0 Å². The van der Waals surface area contributed by atoms with Crippen LogP contribution in [-0.4, -0.2) is 61.6 Å². The molecule has 2 aromatic carbocycles. The Bertz CT molecular complexity index is 872. The van der Waals surface area contributed by atoms with Crippen molar-refractivity contribution in [1.82, 2.24) is 10.2 Å². The second kappa shape index (κ2) is 10.0. The molecule has 1 aliphatic rings. The lowest BCUT2D eigenvalue weighted by atomic mass is 10.1. The second-order valence-corrected chi connectivity index (χ2v) is 7.22. The van der Waals surface area contributed by atoms with E-state index in [2.05, 4.69) is 5.32 Å².